The minimum atomic E-state index is -4.54. The second kappa shape index (κ2) is 6.02. The number of hydrogen-bond donors (Lipinski definition) is 1. The molecule has 0 unspecified atom stereocenters. The molecule has 0 radical (unpaired) electrons. The summed E-state index contributed by atoms with van der Waals surface area (Å²) in [5, 5.41) is 9.66. The zero-order valence-electron chi connectivity index (χ0n) is 10.7. The van der Waals surface area contributed by atoms with Crippen LogP contribution in [0.2, 0.25) is 10.0 Å². The van der Waals surface area contributed by atoms with Crippen LogP contribution in [0.1, 0.15) is 5.56 Å². The number of carboxylic acid groups (broad SMARTS) is 1. The van der Waals surface area contributed by atoms with Crippen LogP contribution in [-0.2, 0) is 11.3 Å². The molecule has 2 rings (SSSR count). The highest BCUT2D eigenvalue weighted by Crippen LogP contribution is 2.39. The van der Waals surface area contributed by atoms with Crippen LogP contribution in [0.4, 0.5) is 13.2 Å². The van der Waals surface area contributed by atoms with Crippen LogP contribution >= 0.6 is 23.2 Å². The van der Waals surface area contributed by atoms with Crippen LogP contribution in [0.15, 0.2) is 18.2 Å². The number of carbonyl (C=O) groups is 1. The minimum absolute atomic E-state index is 0.0921. The summed E-state index contributed by atoms with van der Waals surface area (Å²) in [6.07, 6.45) is -4.54. The summed E-state index contributed by atoms with van der Waals surface area (Å²) < 4.78 is 38.7. The number of likely N-dealkylation sites (tertiary alicyclic amines) is 1. The maximum Gasteiger partial charge on any atom is 0.393 e. The fraction of sp³-hybridized carbons (Fsp3) is 0.462. The second-order valence-electron chi connectivity index (χ2n) is 4.99. The summed E-state index contributed by atoms with van der Waals surface area (Å²) in [7, 11) is 0. The van der Waals surface area contributed by atoms with E-state index in [1.807, 2.05) is 0 Å². The number of benzene rings is 1. The summed E-state index contributed by atoms with van der Waals surface area (Å²) in [5.74, 6) is -4.78. The lowest BCUT2D eigenvalue weighted by Crippen LogP contribution is -2.33. The molecule has 0 bridgehead atoms. The molecule has 0 spiro atoms. The van der Waals surface area contributed by atoms with Gasteiger partial charge in [0.2, 0.25) is 0 Å². The third-order valence-corrected chi connectivity index (χ3v) is 4.28. The van der Waals surface area contributed by atoms with Gasteiger partial charge in [0.05, 0.1) is 11.8 Å². The topological polar surface area (TPSA) is 40.5 Å². The van der Waals surface area contributed by atoms with Crippen LogP contribution in [0, 0.1) is 11.8 Å². The van der Waals surface area contributed by atoms with Crippen LogP contribution < -0.4 is 0 Å². The Labute approximate surface area is 129 Å². The lowest BCUT2D eigenvalue weighted by atomic mass is 9.96. The van der Waals surface area contributed by atoms with E-state index in [9.17, 15) is 18.0 Å². The molecule has 1 N–H and O–H groups in total. The maximum absolute atomic E-state index is 12.9. The number of alkyl halides is 3. The predicted octanol–water partition coefficient (Wildman–Crippen LogP) is 3.69. The number of rotatable bonds is 3. The Morgan fingerprint density at radius 3 is 2.29 bits per heavy atom. The van der Waals surface area contributed by atoms with Gasteiger partial charge in [-0.3, -0.25) is 9.69 Å². The van der Waals surface area contributed by atoms with Gasteiger partial charge in [-0.15, -0.1) is 0 Å². The van der Waals surface area contributed by atoms with Gasteiger partial charge in [-0.05, 0) is 12.1 Å². The van der Waals surface area contributed by atoms with Crippen LogP contribution in [0.25, 0.3) is 0 Å². The molecule has 116 valence electrons. The van der Waals surface area contributed by atoms with Crippen molar-refractivity contribution in [3.05, 3.63) is 33.8 Å². The first-order chi connectivity index (χ1) is 9.70. The van der Waals surface area contributed by atoms with Gasteiger partial charge in [0.15, 0.2) is 0 Å². The molecule has 0 amide bonds. The average molecular weight is 342 g/mol. The first-order valence-electron chi connectivity index (χ1n) is 6.15. The quantitative estimate of drug-likeness (QED) is 0.911. The van der Waals surface area contributed by atoms with Crippen molar-refractivity contribution in [2.75, 3.05) is 13.1 Å². The lowest BCUT2D eigenvalue weighted by Gasteiger charge is -2.19. The number of carboxylic acids is 1. The molecule has 1 saturated heterocycles. The van der Waals surface area contributed by atoms with Crippen molar-refractivity contribution in [3.8, 4) is 0 Å². The first-order valence-corrected chi connectivity index (χ1v) is 6.90. The Morgan fingerprint density at radius 1 is 1.29 bits per heavy atom. The SMILES string of the molecule is O=C(O)[C@@H]1CN(Cc2c(Cl)cccc2Cl)C[C@H]1C(F)(F)F. The highest BCUT2D eigenvalue weighted by Gasteiger charge is 2.52. The molecule has 1 aromatic rings. The average Bonchev–Trinajstić information content (AvgIpc) is 2.78. The molecule has 0 aliphatic carbocycles. The van der Waals surface area contributed by atoms with Crippen LogP contribution in [-0.4, -0.2) is 35.2 Å². The van der Waals surface area contributed by atoms with E-state index in [1.165, 1.54) is 4.90 Å². The molecule has 21 heavy (non-hydrogen) atoms. The van der Waals surface area contributed by atoms with Crippen molar-refractivity contribution < 1.29 is 23.1 Å². The van der Waals surface area contributed by atoms with Gasteiger partial charge in [-0.2, -0.15) is 13.2 Å². The standard InChI is InChI=1S/C13H12Cl2F3NO2/c14-10-2-1-3-11(15)8(10)5-19-4-7(12(20)21)9(6-19)13(16,17)18/h1-3,7,9H,4-6H2,(H,20,21)/t7-,9-/m1/s1. The van der Waals surface area contributed by atoms with Crippen LogP contribution in [0.5, 0.6) is 0 Å². The molecule has 1 fully saturated rings. The Balaban J connectivity index is 2.18. The molecule has 3 nitrogen and oxygen atoms in total. The Hall–Kier alpha value is -0.980. The molecule has 2 atom stereocenters. The predicted molar refractivity (Wildman–Crippen MR) is 72.4 cm³/mol. The van der Waals surface area contributed by atoms with Gasteiger partial charge >= 0.3 is 12.1 Å². The van der Waals surface area contributed by atoms with E-state index >= 15 is 0 Å². The van der Waals surface area contributed by atoms with Crippen LogP contribution in [0.3, 0.4) is 0 Å². The number of hydrogen-bond acceptors (Lipinski definition) is 2. The molecule has 1 aliphatic heterocycles. The number of halogens is 5. The monoisotopic (exact) mass is 341 g/mol. The molecule has 8 heteroatoms. The fourth-order valence-electron chi connectivity index (χ4n) is 2.50. The van der Waals surface area contributed by atoms with E-state index in [-0.39, 0.29) is 19.6 Å². The van der Waals surface area contributed by atoms with Crippen molar-refractivity contribution in [1.29, 1.82) is 0 Å². The van der Waals surface area contributed by atoms with E-state index in [0.717, 1.165) is 0 Å². The van der Waals surface area contributed by atoms with E-state index < -0.39 is 24.0 Å². The summed E-state index contributed by atoms with van der Waals surface area (Å²) in [5.41, 5.74) is 0.507. The summed E-state index contributed by atoms with van der Waals surface area (Å²) in [6.45, 7) is -0.460. The van der Waals surface area contributed by atoms with Crippen molar-refractivity contribution >= 4 is 29.2 Å². The number of aliphatic carboxylic acids is 1. The first kappa shape index (κ1) is 16.4. The van der Waals surface area contributed by atoms with Gasteiger partial charge in [0, 0.05) is 35.2 Å². The Morgan fingerprint density at radius 2 is 1.86 bits per heavy atom. The van der Waals surface area contributed by atoms with E-state index in [0.29, 0.717) is 15.6 Å². The van der Waals surface area contributed by atoms with Gasteiger partial charge in [-0.25, -0.2) is 0 Å². The van der Waals surface area contributed by atoms with Crippen molar-refractivity contribution in [2.45, 2.75) is 12.7 Å². The zero-order chi connectivity index (χ0) is 15.8. The van der Waals surface area contributed by atoms with Gasteiger partial charge in [0.25, 0.3) is 0 Å². The second-order valence-corrected chi connectivity index (χ2v) is 5.80. The largest absolute Gasteiger partial charge is 0.481 e. The Bertz CT molecular complexity index is 530. The minimum Gasteiger partial charge on any atom is -0.481 e. The molecule has 0 saturated carbocycles. The molecule has 0 aromatic heterocycles. The molecule has 1 aliphatic rings. The highest BCUT2D eigenvalue weighted by atomic mass is 35.5. The van der Waals surface area contributed by atoms with E-state index in [1.54, 1.807) is 18.2 Å². The highest BCUT2D eigenvalue weighted by molar-refractivity contribution is 6.35. The summed E-state index contributed by atoms with van der Waals surface area (Å²) in [4.78, 5) is 12.4. The summed E-state index contributed by atoms with van der Waals surface area (Å²) >= 11 is 12.0. The van der Waals surface area contributed by atoms with Gasteiger partial charge in [-0.1, -0.05) is 29.3 Å². The van der Waals surface area contributed by atoms with Gasteiger partial charge in [0.1, 0.15) is 0 Å². The maximum atomic E-state index is 12.9. The zero-order valence-corrected chi connectivity index (χ0v) is 12.2. The molecule has 1 heterocycles. The van der Waals surface area contributed by atoms with E-state index in [4.69, 9.17) is 28.3 Å². The van der Waals surface area contributed by atoms with Crippen molar-refractivity contribution in [1.82, 2.24) is 4.90 Å². The van der Waals surface area contributed by atoms with Gasteiger partial charge < -0.3 is 5.11 Å². The molecule has 1 aromatic carbocycles. The molecular formula is C13H12Cl2F3NO2. The molecular weight excluding hydrogens is 330 g/mol. The smallest absolute Gasteiger partial charge is 0.393 e. The van der Waals surface area contributed by atoms with Crippen molar-refractivity contribution in [2.24, 2.45) is 11.8 Å². The third-order valence-electron chi connectivity index (χ3n) is 3.58. The van der Waals surface area contributed by atoms with E-state index in [2.05, 4.69) is 0 Å². The number of nitrogens with zero attached hydrogens (tertiary/aromatic N) is 1. The normalized spacial score (nSPS) is 23.5. The lowest BCUT2D eigenvalue weighted by molar-refractivity contribution is -0.188. The summed E-state index contributed by atoms with van der Waals surface area (Å²) in [6, 6.07) is 4.82. The fourth-order valence-corrected chi connectivity index (χ4v) is 3.02. The third kappa shape index (κ3) is 3.62. The Kier molecular flexibility index (Phi) is 4.70. The van der Waals surface area contributed by atoms with Crippen molar-refractivity contribution in [3.63, 3.8) is 0 Å².